The first-order valence-corrected chi connectivity index (χ1v) is 6.02. The Morgan fingerprint density at radius 2 is 2.12 bits per heavy atom. The number of carboxylic acid groups (broad SMARTS) is 1. The zero-order valence-corrected chi connectivity index (χ0v) is 10.2. The van der Waals surface area contributed by atoms with E-state index in [-0.39, 0.29) is 24.0 Å². The van der Waals surface area contributed by atoms with E-state index in [0.29, 0.717) is 6.54 Å². The zero-order valence-electron chi connectivity index (χ0n) is 9.40. The highest BCUT2D eigenvalue weighted by atomic mass is 32.2. The number of carbonyl (C=O) groups excluding carboxylic acids is 1. The number of hydrogen-bond acceptors (Lipinski definition) is 4. The summed E-state index contributed by atoms with van der Waals surface area (Å²) in [7, 11) is 0. The van der Waals surface area contributed by atoms with Gasteiger partial charge in [0.1, 0.15) is 5.25 Å². The van der Waals surface area contributed by atoms with Crippen molar-refractivity contribution in [3.8, 4) is 6.07 Å². The van der Waals surface area contributed by atoms with E-state index in [1.54, 1.807) is 13.8 Å². The lowest BCUT2D eigenvalue weighted by atomic mass is 10.1. The topological polar surface area (TPSA) is 90.2 Å². The monoisotopic (exact) mass is 244 g/mol. The van der Waals surface area contributed by atoms with Crippen LogP contribution in [0.5, 0.6) is 0 Å². The van der Waals surface area contributed by atoms with Crippen LogP contribution in [0.25, 0.3) is 0 Å². The van der Waals surface area contributed by atoms with Gasteiger partial charge in [-0.05, 0) is 5.92 Å². The Morgan fingerprint density at radius 3 is 2.56 bits per heavy atom. The highest BCUT2D eigenvalue weighted by Crippen LogP contribution is 2.19. The molecule has 2 N–H and O–H groups in total. The summed E-state index contributed by atoms with van der Waals surface area (Å²) in [5.74, 6) is -1.04. The number of nitrogens with zero attached hydrogens (tertiary/aromatic N) is 1. The minimum atomic E-state index is -0.898. The van der Waals surface area contributed by atoms with Crippen molar-refractivity contribution >= 4 is 23.6 Å². The van der Waals surface area contributed by atoms with Gasteiger partial charge in [0.05, 0.1) is 18.2 Å². The maximum atomic E-state index is 11.2. The van der Waals surface area contributed by atoms with Gasteiger partial charge in [-0.3, -0.25) is 9.59 Å². The van der Waals surface area contributed by atoms with E-state index >= 15 is 0 Å². The quantitative estimate of drug-likeness (QED) is 0.648. The predicted molar refractivity (Wildman–Crippen MR) is 62.0 cm³/mol. The van der Waals surface area contributed by atoms with Crippen LogP contribution in [0.1, 0.15) is 20.3 Å². The highest BCUT2D eigenvalue weighted by molar-refractivity contribution is 8.01. The van der Waals surface area contributed by atoms with Crippen molar-refractivity contribution in [3.63, 3.8) is 0 Å². The number of amides is 1. The molecule has 1 unspecified atom stereocenters. The van der Waals surface area contributed by atoms with Crippen LogP contribution in [0.4, 0.5) is 0 Å². The summed E-state index contributed by atoms with van der Waals surface area (Å²) in [5.41, 5.74) is 0. The second-order valence-electron chi connectivity index (χ2n) is 3.57. The standard InChI is InChI=1S/C10H16N2O3S/c1-7(2)9(10(14)15)16-6-8(13)12-5-3-4-11/h7,9H,3,5-6H2,1-2H3,(H,12,13)(H,14,15). The lowest BCUT2D eigenvalue weighted by molar-refractivity contribution is -0.137. The Morgan fingerprint density at radius 1 is 1.50 bits per heavy atom. The van der Waals surface area contributed by atoms with Crippen molar-refractivity contribution < 1.29 is 14.7 Å². The molecule has 6 heteroatoms. The molecule has 1 amide bonds. The molecule has 0 aliphatic heterocycles. The normalized spacial score (nSPS) is 11.9. The van der Waals surface area contributed by atoms with Gasteiger partial charge in [0.25, 0.3) is 0 Å². The summed E-state index contributed by atoms with van der Waals surface area (Å²) in [4.78, 5) is 22.1. The first kappa shape index (κ1) is 14.8. The summed E-state index contributed by atoms with van der Waals surface area (Å²) >= 11 is 1.11. The third-order valence-electron chi connectivity index (χ3n) is 1.80. The van der Waals surface area contributed by atoms with Crippen molar-refractivity contribution in [2.24, 2.45) is 5.92 Å². The first-order chi connectivity index (χ1) is 7.49. The Balaban J connectivity index is 3.89. The third kappa shape index (κ3) is 6.30. The number of thioether (sulfide) groups is 1. The van der Waals surface area contributed by atoms with Gasteiger partial charge in [0, 0.05) is 6.54 Å². The van der Waals surface area contributed by atoms with Crippen LogP contribution in [0.15, 0.2) is 0 Å². The van der Waals surface area contributed by atoms with Crippen LogP contribution >= 0.6 is 11.8 Å². The van der Waals surface area contributed by atoms with E-state index in [0.717, 1.165) is 11.8 Å². The van der Waals surface area contributed by atoms with Gasteiger partial charge in [-0.1, -0.05) is 13.8 Å². The van der Waals surface area contributed by atoms with Crippen LogP contribution in [0, 0.1) is 17.2 Å². The molecule has 0 saturated carbocycles. The van der Waals surface area contributed by atoms with E-state index < -0.39 is 11.2 Å². The second-order valence-corrected chi connectivity index (χ2v) is 4.70. The van der Waals surface area contributed by atoms with Crippen LogP contribution < -0.4 is 5.32 Å². The molecule has 0 aromatic carbocycles. The van der Waals surface area contributed by atoms with Crippen LogP contribution in [0.3, 0.4) is 0 Å². The molecule has 0 spiro atoms. The minimum absolute atomic E-state index is 0.0191. The molecule has 0 aliphatic carbocycles. The summed E-state index contributed by atoms with van der Waals surface area (Å²) in [6, 6.07) is 1.91. The fourth-order valence-corrected chi connectivity index (χ4v) is 1.98. The summed E-state index contributed by atoms with van der Waals surface area (Å²) in [5, 5.41) is 19.1. The van der Waals surface area contributed by atoms with E-state index in [4.69, 9.17) is 10.4 Å². The van der Waals surface area contributed by atoms with E-state index in [1.165, 1.54) is 0 Å². The number of carboxylic acids is 1. The number of aliphatic carboxylic acids is 1. The second kappa shape index (κ2) is 7.99. The Kier molecular flexibility index (Phi) is 7.38. The zero-order chi connectivity index (χ0) is 12.6. The van der Waals surface area contributed by atoms with Crippen LogP contribution in [-0.4, -0.2) is 34.5 Å². The summed E-state index contributed by atoms with van der Waals surface area (Å²) < 4.78 is 0. The molecule has 16 heavy (non-hydrogen) atoms. The Bertz CT molecular complexity index is 286. The molecule has 0 heterocycles. The maximum absolute atomic E-state index is 11.2. The molecule has 0 aromatic heterocycles. The maximum Gasteiger partial charge on any atom is 0.316 e. The van der Waals surface area contributed by atoms with Crippen LogP contribution in [0.2, 0.25) is 0 Å². The summed E-state index contributed by atoms with van der Waals surface area (Å²) in [6.45, 7) is 3.92. The van der Waals surface area contributed by atoms with Gasteiger partial charge in [0.2, 0.25) is 5.91 Å². The number of carbonyl (C=O) groups is 2. The fraction of sp³-hybridized carbons (Fsp3) is 0.700. The minimum Gasteiger partial charge on any atom is -0.480 e. The molecule has 0 fully saturated rings. The molecule has 0 aromatic rings. The van der Waals surface area contributed by atoms with Gasteiger partial charge < -0.3 is 10.4 Å². The van der Waals surface area contributed by atoms with Gasteiger partial charge in [0.15, 0.2) is 0 Å². The number of hydrogen-bond donors (Lipinski definition) is 2. The van der Waals surface area contributed by atoms with E-state index in [1.807, 2.05) is 6.07 Å². The molecule has 1 atom stereocenters. The molecule has 0 rings (SSSR count). The van der Waals surface area contributed by atoms with Gasteiger partial charge >= 0.3 is 5.97 Å². The number of nitrogens with one attached hydrogen (secondary N) is 1. The molecule has 90 valence electrons. The van der Waals surface area contributed by atoms with Gasteiger partial charge in [-0.25, -0.2) is 0 Å². The smallest absolute Gasteiger partial charge is 0.316 e. The fourth-order valence-electron chi connectivity index (χ4n) is 1.02. The highest BCUT2D eigenvalue weighted by Gasteiger charge is 2.22. The number of nitriles is 1. The van der Waals surface area contributed by atoms with Gasteiger partial charge in [-0.2, -0.15) is 5.26 Å². The van der Waals surface area contributed by atoms with Crippen LogP contribution in [-0.2, 0) is 9.59 Å². The largest absolute Gasteiger partial charge is 0.480 e. The molecular weight excluding hydrogens is 228 g/mol. The molecule has 5 nitrogen and oxygen atoms in total. The van der Waals surface area contributed by atoms with Crippen molar-refractivity contribution in [3.05, 3.63) is 0 Å². The SMILES string of the molecule is CC(C)C(SCC(=O)NCCC#N)C(=O)O. The lowest BCUT2D eigenvalue weighted by Crippen LogP contribution is -2.29. The molecular formula is C10H16N2O3S. The summed E-state index contributed by atoms with van der Waals surface area (Å²) in [6.07, 6.45) is 0.267. The van der Waals surface area contributed by atoms with Crippen molar-refractivity contribution in [2.45, 2.75) is 25.5 Å². The van der Waals surface area contributed by atoms with Crippen molar-refractivity contribution in [2.75, 3.05) is 12.3 Å². The lowest BCUT2D eigenvalue weighted by Gasteiger charge is -2.15. The first-order valence-electron chi connectivity index (χ1n) is 4.97. The van der Waals surface area contributed by atoms with Crippen molar-refractivity contribution in [1.29, 1.82) is 5.26 Å². The predicted octanol–water partition coefficient (Wildman–Crippen LogP) is 0.859. The molecule has 0 radical (unpaired) electrons. The van der Waals surface area contributed by atoms with E-state index in [9.17, 15) is 9.59 Å². The average molecular weight is 244 g/mol. The van der Waals surface area contributed by atoms with E-state index in [2.05, 4.69) is 5.32 Å². The van der Waals surface area contributed by atoms with Gasteiger partial charge in [-0.15, -0.1) is 11.8 Å². The molecule has 0 bridgehead atoms. The van der Waals surface area contributed by atoms with Crippen molar-refractivity contribution in [1.82, 2.24) is 5.32 Å². The Labute approximate surface area is 99.2 Å². The molecule has 0 aliphatic rings. The average Bonchev–Trinajstić information content (AvgIpc) is 2.17. The number of rotatable bonds is 7. The molecule has 0 saturated heterocycles. The Hall–Kier alpha value is -1.22. The third-order valence-corrected chi connectivity index (χ3v) is 3.34.